The smallest absolute Gasteiger partial charge is 0.338 e. The van der Waals surface area contributed by atoms with Crippen molar-refractivity contribution in [2.45, 2.75) is 13.0 Å². The van der Waals surface area contributed by atoms with Crippen molar-refractivity contribution in [1.82, 2.24) is 10.2 Å². The Bertz CT molecular complexity index is 1220. The van der Waals surface area contributed by atoms with E-state index in [0.717, 1.165) is 6.07 Å². The zero-order valence-corrected chi connectivity index (χ0v) is 20.7. The van der Waals surface area contributed by atoms with Gasteiger partial charge in [-0.25, -0.2) is 4.79 Å². The third kappa shape index (κ3) is 5.94. The standard InChI is InChI=1S/C23H23ClN4O6S/c1-13-19(22(30)34-10-9-33-3)20(26-23(35)27(13)2)14-5-4-6-15(11-14)25-21(29)17-8-7-16(28(31)32)12-18(17)24/h4-8,11-12,20H,9-10H2,1-3H3,(H,25,29)(H,26,35). The number of allylic oxidation sites excluding steroid dienone is 1. The summed E-state index contributed by atoms with van der Waals surface area (Å²) in [5, 5.41) is 17.2. The maximum absolute atomic E-state index is 12.9. The average Bonchev–Trinajstić information content (AvgIpc) is 2.82. The molecule has 0 bridgehead atoms. The predicted octanol–water partition coefficient (Wildman–Crippen LogP) is 3.83. The van der Waals surface area contributed by atoms with E-state index < -0.39 is 22.8 Å². The van der Waals surface area contributed by atoms with Crippen LogP contribution in [0.4, 0.5) is 11.4 Å². The topological polar surface area (TPSA) is 123 Å². The van der Waals surface area contributed by atoms with Crippen LogP contribution >= 0.6 is 23.8 Å². The number of nitro benzene ring substituents is 1. The molecule has 184 valence electrons. The number of amides is 1. The van der Waals surface area contributed by atoms with Gasteiger partial charge in [-0.2, -0.15) is 0 Å². The number of ether oxygens (including phenoxy) is 2. The Kier molecular flexibility index (Phi) is 8.39. The SMILES string of the molecule is COCCOC(=O)C1=C(C)N(C)C(=S)NC1c1cccc(NC(=O)c2ccc([N+](=O)[O-])cc2Cl)c1. The molecule has 0 saturated heterocycles. The summed E-state index contributed by atoms with van der Waals surface area (Å²) in [7, 11) is 3.26. The molecular formula is C23H23ClN4O6S. The second kappa shape index (κ2) is 11.3. The third-order valence-corrected chi connectivity index (χ3v) is 6.08. The Hall–Kier alpha value is -3.54. The van der Waals surface area contributed by atoms with Crippen molar-refractivity contribution in [2.75, 3.05) is 32.7 Å². The van der Waals surface area contributed by atoms with E-state index in [1.165, 1.54) is 19.2 Å². The molecule has 1 atom stereocenters. The van der Waals surface area contributed by atoms with Crippen molar-refractivity contribution in [3.8, 4) is 0 Å². The molecule has 1 aliphatic rings. The Labute approximate surface area is 212 Å². The molecule has 0 radical (unpaired) electrons. The lowest BCUT2D eigenvalue weighted by molar-refractivity contribution is -0.384. The predicted molar refractivity (Wildman–Crippen MR) is 134 cm³/mol. The largest absolute Gasteiger partial charge is 0.460 e. The van der Waals surface area contributed by atoms with Crippen LogP contribution < -0.4 is 10.6 Å². The van der Waals surface area contributed by atoms with E-state index in [2.05, 4.69) is 10.6 Å². The summed E-state index contributed by atoms with van der Waals surface area (Å²) in [6, 6.07) is 9.86. The summed E-state index contributed by atoms with van der Waals surface area (Å²) in [6.07, 6.45) is 0. The Morgan fingerprint density at radius 2 is 2.00 bits per heavy atom. The first-order valence-corrected chi connectivity index (χ1v) is 11.2. The van der Waals surface area contributed by atoms with Gasteiger partial charge in [-0.05, 0) is 42.9 Å². The van der Waals surface area contributed by atoms with Crippen molar-refractivity contribution < 1.29 is 24.0 Å². The van der Waals surface area contributed by atoms with Crippen LogP contribution in [-0.2, 0) is 14.3 Å². The number of methoxy groups -OCH3 is 1. The number of hydrogen-bond donors (Lipinski definition) is 2. The molecule has 1 amide bonds. The lowest BCUT2D eigenvalue weighted by atomic mass is 9.95. The average molecular weight is 519 g/mol. The quantitative estimate of drug-likeness (QED) is 0.176. The summed E-state index contributed by atoms with van der Waals surface area (Å²) >= 11 is 11.5. The number of nitrogens with zero attached hydrogens (tertiary/aromatic N) is 2. The fourth-order valence-corrected chi connectivity index (χ4v) is 3.96. The minimum atomic E-state index is -0.617. The van der Waals surface area contributed by atoms with Crippen molar-refractivity contribution >= 4 is 52.2 Å². The molecule has 0 aliphatic carbocycles. The first kappa shape index (κ1) is 26.1. The number of thiocarbonyl (C=S) groups is 1. The highest BCUT2D eigenvalue weighted by molar-refractivity contribution is 7.80. The Morgan fingerprint density at radius 3 is 2.66 bits per heavy atom. The van der Waals surface area contributed by atoms with Gasteiger partial charge in [0.25, 0.3) is 11.6 Å². The van der Waals surface area contributed by atoms with Crippen LogP contribution in [0.15, 0.2) is 53.7 Å². The molecule has 1 heterocycles. The minimum Gasteiger partial charge on any atom is -0.460 e. The van der Waals surface area contributed by atoms with E-state index in [4.69, 9.17) is 33.3 Å². The lowest BCUT2D eigenvalue weighted by Gasteiger charge is -2.35. The number of halogens is 1. The molecule has 2 aromatic carbocycles. The molecule has 1 unspecified atom stereocenters. The van der Waals surface area contributed by atoms with Gasteiger partial charge in [0.15, 0.2) is 5.11 Å². The highest BCUT2D eigenvalue weighted by atomic mass is 35.5. The normalized spacial score (nSPS) is 15.5. The first-order valence-electron chi connectivity index (χ1n) is 10.4. The van der Waals surface area contributed by atoms with Gasteiger partial charge in [0.2, 0.25) is 0 Å². The molecule has 0 aromatic heterocycles. The maximum atomic E-state index is 12.9. The van der Waals surface area contributed by atoms with Gasteiger partial charge in [0.1, 0.15) is 6.61 Å². The number of nitrogens with one attached hydrogen (secondary N) is 2. The van der Waals surface area contributed by atoms with Crippen LogP contribution in [0.25, 0.3) is 0 Å². The molecule has 12 heteroatoms. The van der Waals surface area contributed by atoms with Crippen molar-refractivity contribution in [1.29, 1.82) is 0 Å². The van der Waals surface area contributed by atoms with Crippen LogP contribution in [0.1, 0.15) is 28.9 Å². The van der Waals surface area contributed by atoms with E-state index in [1.54, 1.807) is 43.1 Å². The number of benzene rings is 2. The number of carbonyl (C=O) groups excluding carboxylic acids is 2. The fourth-order valence-electron chi connectivity index (χ4n) is 3.44. The number of non-ortho nitro benzene ring substituents is 1. The molecule has 1 aliphatic heterocycles. The van der Waals surface area contributed by atoms with Crippen molar-refractivity contribution in [3.05, 3.63) is 80.0 Å². The van der Waals surface area contributed by atoms with E-state index in [0.29, 0.717) is 27.6 Å². The molecule has 35 heavy (non-hydrogen) atoms. The maximum Gasteiger partial charge on any atom is 0.338 e. The highest BCUT2D eigenvalue weighted by Gasteiger charge is 2.33. The minimum absolute atomic E-state index is 0.0464. The van der Waals surface area contributed by atoms with Gasteiger partial charge in [0, 0.05) is 37.7 Å². The van der Waals surface area contributed by atoms with E-state index in [1.807, 2.05) is 0 Å². The number of anilines is 1. The summed E-state index contributed by atoms with van der Waals surface area (Å²) < 4.78 is 10.3. The summed E-state index contributed by atoms with van der Waals surface area (Å²) in [5.41, 5.74) is 1.96. The monoisotopic (exact) mass is 518 g/mol. The van der Waals surface area contributed by atoms with Gasteiger partial charge < -0.3 is 25.0 Å². The zero-order chi connectivity index (χ0) is 25.7. The third-order valence-electron chi connectivity index (χ3n) is 5.38. The van der Waals surface area contributed by atoms with Gasteiger partial charge in [-0.1, -0.05) is 23.7 Å². The molecule has 0 spiro atoms. The van der Waals surface area contributed by atoms with Gasteiger partial charge in [-0.3, -0.25) is 14.9 Å². The van der Waals surface area contributed by atoms with Crippen LogP contribution in [0.3, 0.4) is 0 Å². The molecule has 3 rings (SSSR count). The first-order chi connectivity index (χ1) is 16.6. The fraction of sp³-hybridized carbons (Fsp3) is 0.261. The molecule has 2 N–H and O–H groups in total. The van der Waals surface area contributed by atoms with Crippen molar-refractivity contribution in [2.24, 2.45) is 0 Å². The van der Waals surface area contributed by atoms with Gasteiger partial charge in [0.05, 0.1) is 33.7 Å². The van der Waals surface area contributed by atoms with Crippen LogP contribution in [0.2, 0.25) is 5.02 Å². The number of hydrogen-bond acceptors (Lipinski definition) is 7. The number of esters is 1. The Balaban J connectivity index is 1.88. The molecule has 0 fully saturated rings. The molecule has 2 aromatic rings. The van der Waals surface area contributed by atoms with Crippen LogP contribution in [0.5, 0.6) is 0 Å². The van der Waals surface area contributed by atoms with Gasteiger partial charge in [-0.15, -0.1) is 0 Å². The summed E-state index contributed by atoms with van der Waals surface area (Å²) in [5.74, 6) is -1.06. The van der Waals surface area contributed by atoms with E-state index >= 15 is 0 Å². The van der Waals surface area contributed by atoms with Crippen LogP contribution in [0, 0.1) is 10.1 Å². The second-order valence-electron chi connectivity index (χ2n) is 7.57. The molecule has 0 saturated carbocycles. The second-order valence-corrected chi connectivity index (χ2v) is 8.36. The zero-order valence-electron chi connectivity index (χ0n) is 19.2. The Morgan fingerprint density at radius 1 is 1.26 bits per heavy atom. The van der Waals surface area contributed by atoms with Crippen LogP contribution in [-0.4, -0.2) is 54.2 Å². The summed E-state index contributed by atoms with van der Waals surface area (Å²) in [6.45, 7) is 2.13. The van der Waals surface area contributed by atoms with Crippen molar-refractivity contribution in [3.63, 3.8) is 0 Å². The number of carbonyl (C=O) groups is 2. The van der Waals surface area contributed by atoms with E-state index in [9.17, 15) is 19.7 Å². The van der Waals surface area contributed by atoms with Gasteiger partial charge >= 0.3 is 5.97 Å². The number of rotatable bonds is 8. The molecule has 10 nitrogen and oxygen atoms in total. The van der Waals surface area contributed by atoms with E-state index in [-0.39, 0.29) is 29.5 Å². The highest BCUT2D eigenvalue weighted by Crippen LogP contribution is 2.32. The number of nitro groups is 1. The molecular weight excluding hydrogens is 496 g/mol. The lowest BCUT2D eigenvalue weighted by Crippen LogP contribution is -2.46. The summed E-state index contributed by atoms with van der Waals surface area (Å²) in [4.78, 5) is 37.7.